The molecular formula is C54H44O8. The van der Waals surface area contributed by atoms with Gasteiger partial charge in [-0.15, -0.1) is 0 Å². The van der Waals surface area contributed by atoms with Crippen molar-refractivity contribution in [1.29, 1.82) is 0 Å². The van der Waals surface area contributed by atoms with Crippen LogP contribution in [0, 0.1) is 23.7 Å². The molecule has 308 valence electrons. The summed E-state index contributed by atoms with van der Waals surface area (Å²) in [4.78, 5) is 22.1. The predicted molar refractivity (Wildman–Crippen MR) is 242 cm³/mol. The molecule has 0 heterocycles. The fourth-order valence-corrected chi connectivity index (χ4v) is 7.55. The number of allylic oxidation sites excluding steroid dienone is 3. The van der Waals surface area contributed by atoms with Crippen molar-refractivity contribution in [2.45, 2.75) is 25.7 Å². The lowest BCUT2D eigenvalue weighted by molar-refractivity contribution is 0.0686. The lowest BCUT2D eigenvalue weighted by Crippen LogP contribution is -1.96. The van der Waals surface area contributed by atoms with E-state index in [4.69, 9.17) is 29.2 Å². The zero-order chi connectivity index (χ0) is 43.6. The van der Waals surface area contributed by atoms with E-state index in [1.165, 1.54) is 33.4 Å². The SMILES string of the molecule is COc1cc(/C=C2\CCc3cccc(C#Cc4ccc(C(=O)O)cc4)c32)cc(OC)c1.COc1cc(CC2=CCc3cccc(C#Cc4ccc(C(=O)O)cc4)c32)cc(OC)c1. The summed E-state index contributed by atoms with van der Waals surface area (Å²) in [7, 11) is 6.60. The molecule has 0 spiro atoms. The Kier molecular flexibility index (Phi) is 13.2. The van der Waals surface area contributed by atoms with Crippen LogP contribution >= 0.6 is 0 Å². The van der Waals surface area contributed by atoms with Crippen molar-refractivity contribution in [2.24, 2.45) is 0 Å². The third-order valence-electron chi connectivity index (χ3n) is 10.6. The van der Waals surface area contributed by atoms with E-state index in [2.05, 4.69) is 48.0 Å². The highest BCUT2D eigenvalue weighted by molar-refractivity contribution is 5.89. The quantitative estimate of drug-likeness (QED) is 0.139. The minimum atomic E-state index is -0.940. The van der Waals surface area contributed by atoms with Crippen molar-refractivity contribution in [1.82, 2.24) is 0 Å². The molecule has 0 aromatic heterocycles. The number of hydrogen-bond donors (Lipinski definition) is 2. The van der Waals surface area contributed by atoms with E-state index in [-0.39, 0.29) is 11.1 Å². The number of methoxy groups -OCH3 is 4. The highest BCUT2D eigenvalue weighted by Gasteiger charge is 2.20. The lowest BCUT2D eigenvalue weighted by Gasteiger charge is -2.11. The summed E-state index contributed by atoms with van der Waals surface area (Å²) < 4.78 is 21.6. The molecule has 0 amide bonds. The minimum Gasteiger partial charge on any atom is -0.497 e. The van der Waals surface area contributed by atoms with Crippen molar-refractivity contribution in [2.75, 3.05) is 28.4 Å². The maximum absolute atomic E-state index is 11.0. The average Bonchev–Trinajstić information content (AvgIpc) is 3.92. The standard InChI is InChI=1S/2C27H22O4/c2*1-30-24-15-19(16-25(17-24)31-2)14-23-13-12-21-5-3-4-20(26(21)23)9-6-18-7-10-22(11-8-18)27(28)29/h3-5,7-8,10-11,14-17H,12-13H2,1-2H3,(H,28,29);3-5,7-8,10-11,13,15-17H,12,14H2,1-2H3,(H,28,29)/b23-14+;. The molecule has 6 aromatic rings. The molecule has 0 fully saturated rings. The number of fused-ring (bicyclic) bond motifs is 2. The number of hydrogen-bond acceptors (Lipinski definition) is 6. The van der Waals surface area contributed by atoms with Crippen molar-refractivity contribution < 1.29 is 38.7 Å². The van der Waals surface area contributed by atoms with Gasteiger partial charge in [-0.2, -0.15) is 0 Å². The summed E-state index contributed by atoms with van der Waals surface area (Å²) in [5.41, 5.74) is 13.5. The Hall–Kier alpha value is -7.94. The van der Waals surface area contributed by atoms with E-state index in [0.717, 1.165) is 82.1 Å². The molecular weight excluding hydrogens is 777 g/mol. The Morgan fingerprint density at radius 1 is 0.565 bits per heavy atom. The smallest absolute Gasteiger partial charge is 0.335 e. The molecule has 8 rings (SSSR count). The van der Waals surface area contributed by atoms with Crippen LogP contribution in [-0.2, 0) is 19.3 Å². The van der Waals surface area contributed by atoms with Crippen molar-refractivity contribution >= 4 is 29.2 Å². The van der Waals surface area contributed by atoms with Gasteiger partial charge in [-0.05, 0) is 155 Å². The third kappa shape index (κ3) is 10.1. The van der Waals surface area contributed by atoms with E-state index in [1.54, 1.807) is 77.0 Å². The topological polar surface area (TPSA) is 112 Å². The normalized spacial score (nSPS) is 12.5. The number of carbonyl (C=O) groups is 2. The van der Waals surface area contributed by atoms with Gasteiger partial charge in [0.05, 0.1) is 39.6 Å². The van der Waals surface area contributed by atoms with Crippen LogP contribution in [0.5, 0.6) is 23.0 Å². The molecule has 0 aliphatic heterocycles. The number of carboxylic acids is 2. The molecule has 0 saturated carbocycles. The fraction of sp³-hybridized carbons (Fsp3) is 0.148. The maximum Gasteiger partial charge on any atom is 0.335 e. The molecule has 2 N–H and O–H groups in total. The van der Waals surface area contributed by atoms with Crippen LogP contribution in [0.2, 0.25) is 0 Å². The molecule has 0 saturated heterocycles. The van der Waals surface area contributed by atoms with Crippen LogP contribution < -0.4 is 18.9 Å². The van der Waals surface area contributed by atoms with Crippen molar-refractivity contribution in [3.63, 3.8) is 0 Å². The lowest BCUT2D eigenvalue weighted by atomic mass is 9.94. The van der Waals surface area contributed by atoms with Gasteiger partial charge < -0.3 is 29.2 Å². The van der Waals surface area contributed by atoms with E-state index >= 15 is 0 Å². The molecule has 6 aromatic carbocycles. The zero-order valence-electron chi connectivity index (χ0n) is 34.9. The second-order valence-corrected chi connectivity index (χ2v) is 14.6. The van der Waals surface area contributed by atoms with E-state index in [0.29, 0.717) is 0 Å². The molecule has 0 bridgehead atoms. The third-order valence-corrected chi connectivity index (χ3v) is 10.6. The number of ether oxygens (including phenoxy) is 4. The molecule has 2 aliphatic carbocycles. The van der Waals surface area contributed by atoms with E-state index < -0.39 is 11.9 Å². The monoisotopic (exact) mass is 820 g/mol. The van der Waals surface area contributed by atoms with Gasteiger partial charge >= 0.3 is 11.9 Å². The average molecular weight is 821 g/mol. The molecule has 2 aliphatic rings. The molecule has 0 atom stereocenters. The van der Waals surface area contributed by atoms with Gasteiger partial charge in [0, 0.05) is 34.4 Å². The fourth-order valence-electron chi connectivity index (χ4n) is 7.55. The number of aromatic carboxylic acids is 2. The summed E-state index contributed by atoms with van der Waals surface area (Å²) in [6.07, 6.45) is 7.99. The molecule has 0 unspecified atom stereocenters. The van der Waals surface area contributed by atoms with Gasteiger partial charge in [0.1, 0.15) is 23.0 Å². The van der Waals surface area contributed by atoms with Gasteiger partial charge in [0.2, 0.25) is 0 Å². The first-order valence-electron chi connectivity index (χ1n) is 19.9. The zero-order valence-corrected chi connectivity index (χ0v) is 34.9. The summed E-state index contributed by atoms with van der Waals surface area (Å²) in [6, 6.07) is 37.4. The summed E-state index contributed by atoms with van der Waals surface area (Å²) in [5, 5.41) is 18.1. The highest BCUT2D eigenvalue weighted by atomic mass is 16.5. The van der Waals surface area contributed by atoms with E-state index in [1.807, 2.05) is 60.7 Å². The van der Waals surface area contributed by atoms with Crippen LogP contribution in [0.3, 0.4) is 0 Å². The first-order valence-corrected chi connectivity index (χ1v) is 19.9. The number of aryl methyl sites for hydroxylation is 1. The van der Waals surface area contributed by atoms with Crippen LogP contribution in [0.4, 0.5) is 0 Å². The molecule has 8 heteroatoms. The highest BCUT2D eigenvalue weighted by Crippen LogP contribution is 2.38. The number of benzene rings is 6. The van der Waals surface area contributed by atoms with Gasteiger partial charge in [-0.3, -0.25) is 0 Å². The first-order chi connectivity index (χ1) is 30.1. The summed E-state index contributed by atoms with van der Waals surface area (Å²) >= 11 is 0. The predicted octanol–water partition coefficient (Wildman–Crippen LogP) is 10.3. The van der Waals surface area contributed by atoms with Gasteiger partial charge in [0.25, 0.3) is 0 Å². The number of rotatable bonds is 9. The largest absolute Gasteiger partial charge is 0.497 e. The Balaban J connectivity index is 0.000000186. The maximum atomic E-state index is 11.0. The first kappa shape index (κ1) is 42.2. The van der Waals surface area contributed by atoms with Crippen molar-refractivity contribution in [3.8, 4) is 46.7 Å². The Labute approximate surface area is 361 Å². The Bertz CT molecular complexity index is 2800. The van der Waals surface area contributed by atoms with Gasteiger partial charge in [0.15, 0.2) is 0 Å². The van der Waals surface area contributed by atoms with Crippen LogP contribution in [0.25, 0.3) is 17.2 Å². The van der Waals surface area contributed by atoms with Crippen LogP contribution in [0.15, 0.2) is 127 Å². The Morgan fingerprint density at radius 3 is 1.55 bits per heavy atom. The molecule has 8 nitrogen and oxygen atoms in total. The second-order valence-electron chi connectivity index (χ2n) is 14.6. The van der Waals surface area contributed by atoms with Crippen LogP contribution in [0.1, 0.15) is 82.8 Å². The molecule has 62 heavy (non-hydrogen) atoms. The molecule has 0 radical (unpaired) electrons. The minimum absolute atomic E-state index is 0.255. The summed E-state index contributed by atoms with van der Waals surface area (Å²) in [6.45, 7) is 0. The van der Waals surface area contributed by atoms with Gasteiger partial charge in [-0.25, -0.2) is 9.59 Å². The van der Waals surface area contributed by atoms with Crippen molar-refractivity contribution in [3.05, 3.63) is 194 Å². The van der Waals surface area contributed by atoms with Gasteiger partial charge in [-0.1, -0.05) is 60.1 Å². The van der Waals surface area contributed by atoms with E-state index in [9.17, 15) is 9.59 Å². The number of carboxylic acid groups (broad SMARTS) is 2. The second kappa shape index (κ2) is 19.4. The van der Waals surface area contributed by atoms with Crippen LogP contribution in [-0.4, -0.2) is 50.6 Å². The Morgan fingerprint density at radius 2 is 1.05 bits per heavy atom. The summed E-state index contributed by atoms with van der Waals surface area (Å²) in [5.74, 6) is 14.1.